The van der Waals surface area contributed by atoms with Crippen LogP contribution >= 0.6 is 23.2 Å². The van der Waals surface area contributed by atoms with Gasteiger partial charge in [-0.1, -0.05) is 29.3 Å². The molecule has 3 atom stereocenters. The van der Waals surface area contributed by atoms with E-state index in [2.05, 4.69) is 12.2 Å². The van der Waals surface area contributed by atoms with Crippen molar-refractivity contribution in [2.75, 3.05) is 7.11 Å². The number of halogens is 2. The summed E-state index contributed by atoms with van der Waals surface area (Å²) in [6, 6.07) is 6.62. The molecular formula is C15H21Cl2NO. The molecule has 4 heteroatoms. The molecule has 2 rings (SSSR count). The molecule has 1 aliphatic rings. The monoisotopic (exact) mass is 301 g/mol. The van der Waals surface area contributed by atoms with Crippen LogP contribution in [0.4, 0.5) is 0 Å². The molecule has 1 aromatic carbocycles. The predicted octanol–water partition coefficient (Wildman–Crippen LogP) is 4.60. The van der Waals surface area contributed by atoms with Gasteiger partial charge in [0.1, 0.15) is 0 Å². The molecule has 19 heavy (non-hydrogen) atoms. The normalized spacial score (nSPS) is 25.3. The second-order valence-corrected chi connectivity index (χ2v) is 6.10. The number of ether oxygens (including phenoxy) is 1. The zero-order chi connectivity index (χ0) is 13.8. The van der Waals surface area contributed by atoms with Gasteiger partial charge in [-0.05, 0) is 50.3 Å². The van der Waals surface area contributed by atoms with Crippen LogP contribution in [0.15, 0.2) is 18.2 Å². The number of methoxy groups -OCH3 is 1. The quantitative estimate of drug-likeness (QED) is 0.877. The van der Waals surface area contributed by atoms with Crippen molar-refractivity contribution in [2.45, 2.75) is 50.8 Å². The molecule has 0 aromatic heterocycles. The van der Waals surface area contributed by atoms with Crippen molar-refractivity contribution in [2.24, 2.45) is 0 Å². The van der Waals surface area contributed by atoms with E-state index in [1.807, 2.05) is 18.2 Å². The summed E-state index contributed by atoms with van der Waals surface area (Å²) in [4.78, 5) is 0. The van der Waals surface area contributed by atoms with E-state index in [1.54, 1.807) is 7.11 Å². The molecule has 1 aromatic rings. The first-order valence-electron chi connectivity index (χ1n) is 6.84. The second kappa shape index (κ2) is 6.94. The largest absolute Gasteiger partial charge is 0.381 e. The molecule has 3 unspecified atom stereocenters. The van der Waals surface area contributed by atoms with Gasteiger partial charge in [0.25, 0.3) is 0 Å². The van der Waals surface area contributed by atoms with Crippen LogP contribution in [0, 0.1) is 0 Å². The summed E-state index contributed by atoms with van der Waals surface area (Å²) in [5.74, 6) is 0. The minimum absolute atomic E-state index is 0.273. The first kappa shape index (κ1) is 15.1. The molecule has 0 radical (unpaired) electrons. The molecule has 106 valence electrons. The number of hydrogen-bond donors (Lipinski definition) is 1. The maximum Gasteiger partial charge on any atom is 0.0595 e. The van der Waals surface area contributed by atoms with Gasteiger partial charge in [-0.2, -0.15) is 0 Å². The molecule has 2 nitrogen and oxygen atoms in total. The topological polar surface area (TPSA) is 21.3 Å². The third-order valence-electron chi connectivity index (χ3n) is 3.89. The maximum atomic E-state index is 6.07. The SMILES string of the molecule is COC1CCCC(NC(C)c2ccc(Cl)c(Cl)c2)C1. The van der Waals surface area contributed by atoms with Gasteiger partial charge in [0.2, 0.25) is 0 Å². The number of nitrogens with one attached hydrogen (secondary N) is 1. The van der Waals surface area contributed by atoms with Gasteiger partial charge >= 0.3 is 0 Å². The van der Waals surface area contributed by atoms with E-state index >= 15 is 0 Å². The highest BCUT2D eigenvalue weighted by Crippen LogP contribution is 2.27. The van der Waals surface area contributed by atoms with E-state index in [-0.39, 0.29) is 6.04 Å². The molecule has 0 heterocycles. The van der Waals surface area contributed by atoms with Gasteiger partial charge in [0.05, 0.1) is 16.1 Å². The molecule has 0 saturated heterocycles. The minimum atomic E-state index is 0.273. The predicted molar refractivity (Wildman–Crippen MR) is 81.1 cm³/mol. The fraction of sp³-hybridized carbons (Fsp3) is 0.600. The molecule has 0 aliphatic heterocycles. The Bertz CT molecular complexity index is 425. The van der Waals surface area contributed by atoms with Crippen molar-refractivity contribution in [1.29, 1.82) is 0 Å². The Kier molecular flexibility index (Phi) is 5.52. The first-order valence-corrected chi connectivity index (χ1v) is 7.59. The van der Waals surface area contributed by atoms with Crippen LogP contribution in [0.3, 0.4) is 0 Å². The van der Waals surface area contributed by atoms with Crippen molar-refractivity contribution < 1.29 is 4.74 Å². The second-order valence-electron chi connectivity index (χ2n) is 5.28. The molecule has 1 aliphatic carbocycles. The van der Waals surface area contributed by atoms with Crippen LogP contribution in [0.5, 0.6) is 0 Å². The van der Waals surface area contributed by atoms with Crippen LogP contribution < -0.4 is 5.32 Å². The summed E-state index contributed by atoms with van der Waals surface area (Å²) in [5, 5.41) is 4.89. The maximum absolute atomic E-state index is 6.07. The highest BCUT2D eigenvalue weighted by atomic mass is 35.5. The summed E-state index contributed by atoms with van der Waals surface area (Å²) in [5.41, 5.74) is 1.17. The molecule has 1 saturated carbocycles. The number of benzene rings is 1. The highest BCUT2D eigenvalue weighted by molar-refractivity contribution is 6.42. The Morgan fingerprint density at radius 1 is 1.26 bits per heavy atom. The lowest BCUT2D eigenvalue weighted by Gasteiger charge is -2.31. The minimum Gasteiger partial charge on any atom is -0.381 e. The van der Waals surface area contributed by atoms with Gasteiger partial charge in [-0.15, -0.1) is 0 Å². The van der Waals surface area contributed by atoms with Crippen molar-refractivity contribution in [3.05, 3.63) is 33.8 Å². The summed E-state index contributed by atoms with van der Waals surface area (Å²) in [7, 11) is 1.80. The van der Waals surface area contributed by atoms with Gasteiger partial charge < -0.3 is 10.1 Å². The Labute approximate surface area is 125 Å². The standard InChI is InChI=1S/C15H21Cl2NO/c1-10(11-6-7-14(16)15(17)8-11)18-12-4-3-5-13(9-12)19-2/h6-8,10,12-13,18H,3-5,9H2,1-2H3. The average molecular weight is 302 g/mol. The average Bonchev–Trinajstić information content (AvgIpc) is 2.42. The Morgan fingerprint density at radius 3 is 2.74 bits per heavy atom. The zero-order valence-corrected chi connectivity index (χ0v) is 13.0. The lowest BCUT2D eigenvalue weighted by atomic mass is 9.92. The summed E-state index contributed by atoms with van der Waals surface area (Å²) >= 11 is 12.0. The summed E-state index contributed by atoms with van der Waals surface area (Å²) < 4.78 is 5.46. The molecule has 0 bridgehead atoms. The van der Waals surface area contributed by atoms with Crippen LogP contribution in [0.1, 0.15) is 44.2 Å². The van der Waals surface area contributed by atoms with E-state index in [0.717, 1.165) is 6.42 Å². The number of rotatable bonds is 4. The Morgan fingerprint density at radius 2 is 2.05 bits per heavy atom. The van der Waals surface area contributed by atoms with Gasteiger partial charge in [-0.3, -0.25) is 0 Å². The van der Waals surface area contributed by atoms with Crippen molar-refractivity contribution in [1.82, 2.24) is 5.32 Å². The van der Waals surface area contributed by atoms with Crippen LogP contribution in [0.2, 0.25) is 10.0 Å². The van der Waals surface area contributed by atoms with E-state index < -0.39 is 0 Å². The van der Waals surface area contributed by atoms with Crippen LogP contribution in [0.25, 0.3) is 0 Å². The fourth-order valence-electron chi connectivity index (χ4n) is 2.74. The molecule has 0 amide bonds. The van der Waals surface area contributed by atoms with Crippen molar-refractivity contribution in [3.8, 4) is 0 Å². The smallest absolute Gasteiger partial charge is 0.0595 e. The third kappa shape index (κ3) is 4.09. The molecule has 1 N–H and O–H groups in total. The third-order valence-corrected chi connectivity index (χ3v) is 4.63. The van der Waals surface area contributed by atoms with Gasteiger partial charge in [0, 0.05) is 19.2 Å². The fourth-order valence-corrected chi connectivity index (χ4v) is 3.05. The molecular weight excluding hydrogens is 281 g/mol. The number of hydrogen-bond acceptors (Lipinski definition) is 2. The highest BCUT2D eigenvalue weighted by Gasteiger charge is 2.23. The first-order chi connectivity index (χ1) is 9.10. The Balaban J connectivity index is 1.96. The Hall–Kier alpha value is -0.280. The summed E-state index contributed by atoms with van der Waals surface area (Å²) in [6.07, 6.45) is 5.10. The van der Waals surface area contributed by atoms with Crippen LogP contribution in [-0.2, 0) is 4.74 Å². The zero-order valence-electron chi connectivity index (χ0n) is 11.5. The van der Waals surface area contributed by atoms with Crippen molar-refractivity contribution in [3.63, 3.8) is 0 Å². The van der Waals surface area contributed by atoms with E-state index in [4.69, 9.17) is 27.9 Å². The van der Waals surface area contributed by atoms with Gasteiger partial charge in [0.15, 0.2) is 0 Å². The molecule has 1 fully saturated rings. The van der Waals surface area contributed by atoms with E-state index in [9.17, 15) is 0 Å². The lowest BCUT2D eigenvalue weighted by molar-refractivity contribution is 0.0572. The van der Waals surface area contributed by atoms with Crippen molar-refractivity contribution >= 4 is 23.2 Å². The summed E-state index contributed by atoms with van der Waals surface area (Å²) in [6.45, 7) is 2.16. The van der Waals surface area contributed by atoms with Gasteiger partial charge in [-0.25, -0.2) is 0 Å². The molecule has 0 spiro atoms. The van der Waals surface area contributed by atoms with Crippen LogP contribution in [-0.4, -0.2) is 19.3 Å². The van der Waals surface area contributed by atoms with E-state index in [1.165, 1.54) is 24.8 Å². The lowest BCUT2D eigenvalue weighted by Crippen LogP contribution is -2.38. The van der Waals surface area contributed by atoms with E-state index in [0.29, 0.717) is 22.2 Å².